The Bertz CT molecular complexity index is 1300. The molecule has 1 aromatic carbocycles. The molecule has 0 aromatic heterocycles. The van der Waals surface area contributed by atoms with Crippen molar-refractivity contribution in [2.24, 2.45) is 11.8 Å². The highest BCUT2D eigenvalue weighted by Gasteiger charge is 2.75. The van der Waals surface area contributed by atoms with Crippen LogP contribution in [0, 0.1) is 11.8 Å². The van der Waals surface area contributed by atoms with Gasteiger partial charge in [0.1, 0.15) is 17.7 Å². The van der Waals surface area contributed by atoms with Crippen molar-refractivity contribution in [1.82, 2.24) is 14.7 Å². The lowest BCUT2D eigenvalue weighted by atomic mass is 9.70. The number of aliphatic hydroxyl groups is 1. The van der Waals surface area contributed by atoms with Crippen molar-refractivity contribution in [1.29, 1.82) is 0 Å². The van der Waals surface area contributed by atoms with E-state index in [1.807, 2.05) is 42.2 Å². The van der Waals surface area contributed by atoms with Gasteiger partial charge in [-0.2, -0.15) is 0 Å². The number of likely N-dealkylation sites (tertiary alicyclic amines) is 1. The Balaban J connectivity index is 1.44. The van der Waals surface area contributed by atoms with E-state index in [0.29, 0.717) is 25.8 Å². The Hall–Kier alpha value is -3.50. The van der Waals surface area contributed by atoms with E-state index in [-0.39, 0.29) is 43.3 Å². The monoisotopic (exact) mass is 635 g/mol. The van der Waals surface area contributed by atoms with Crippen LogP contribution in [-0.2, 0) is 28.7 Å². The van der Waals surface area contributed by atoms with Crippen LogP contribution in [0.25, 0.3) is 0 Å². The molecule has 0 unspecified atom stereocenters. The first-order valence-corrected chi connectivity index (χ1v) is 16.8. The number of carbonyl (C=O) groups excluding carboxylic acids is 4. The number of carbonyl (C=O) groups is 4. The van der Waals surface area contributed by atoms with Gasteiger partial charge < -0.3 is 29.3 Å². The van der Waals surface area contributed by atoms with Gasteiger partial charge in [0.2, 0.25) is 17.7 Å². The van der Waals surface area contributed by atoms with E-state index in [1.54, 1.807) is 24.1 Å². The van der Waals surface area contributed by atoms with Crippen LogP contribution in [-0.4, -0.2) is 100 Å². The molecule has 4 fully saturated rings. The first-order chi connectivity index (χ1) is 22.2. The summed E-state index contributed by atoms with van der Waals surface area (Å²) in [5, 5.41) is 9.99. The Morgan fingerprint density at radius 2 is 1.85 bits per heavy atom. The molecule has 1 N–H and O–H groups in total. The summed E-state index contributed by atoms with van der Waals surface area (Å²) in [6.45, 7) is 9.44. The summed E-state index contributed by atoms with van der Waals surface area (Å²) in [6.07, 6.45) is 8.81. The maximum absolute atomic E-state index is 14.5. The second kappa shape index (κ2) is 14.5. The molecule has 1 aromatic rings. The summed E-state index contributed by atoms with van der Waals surface area (Å²) in [5.41, 5.74) is -0.456. The smallest absolute Gasteiger partial charge is 0.313 e. The molecule has 250 valence electrons. The molecule has 46 heavy (non-hydrogen) atoms. The van der Waals surface area contributed by atoms with E-state index in [4.69, 9.17) is 9.47 Å². The highest BCUT2D eigenvalue weighted by atomic mass is 16.6. The van der Waals surface area contributed by atoms with Gasteiger partial charge in [-0.3, -0.25) is 19.2 Å². The van der Waals surface area contributed by atoms with Crippen LogP contribution in [0.3, 0.4) is 0 Å². The van der Waals surface area contributed by atoms with E-state index in [0.717, 1.165) is 37.7 Å². The van der Waals surface area contributed by atoms with Crippen LogP contribution in [0.15, 0.2) is 55.6 Å². The average molecular weight is 636 g/mol. The number of β-amino-alcohol motifs (C(OH)–C–C–N with tert-alkyl or cyclic N) is 1. The fraction of sp³-hybridized carbons (Fsp3) is 0.611. The van der Waals surface area contributed by atoms with Gasteiger partial charge in [-0.25, -0.2) is 0 Å². The number of ether oxygens (including phenoxy) is 2. The maximum Gasteiger partial charge on any atom is 0.313 e. The lowest BCUT2D eigenvalue weighted by Crippen LogP contribution is -2.58. The molecule has 4 aliphatic rings. The lowest BCUT2D eigenvalue weighted by Gasteiger charge is -2.40. The number of amides is 3. The third-order valence-electron chi connectivity index (χ3n) is 10.6. The summed E-state index contributed by atoms with van der Waals surface area (Å²) in [4.78, 5) is 60.8. The van der Waals surface area contributed by atoms with Crippen molar-refractivity contribution in [2.45, 2.75) is 101 Å². The maximum atomic E-state index is 14.5. The number of allylic oxidation sites excluding steroid dienone is 1. The molecule has 1 spiro atoms. The molecular formula is C36H49N3O7. The molecule has 7 atom stereocenters. The third kappa shape index (κ3) is 6.13. The van der Waals surface area contributed by atoms with Gasteiger partial charge in [0.05, 0.1) is 30.6 Å². The second-order valence-electron chi connectivity index (χ2n) is 13.2. The number of esters is 1. The number of hydrogen-bond acceptors (Lipinski definition) is 7. The molecule has 5 rings (SSSR count). The number of fused-ring (bicyclic) bond motifs is 1. The topological polar surface area (TPSA) is 117 Å². The summed E-state index contributed by atoms with van der Waals surface area (Å²) in [6, 6.07) is 7.87. The third-order valence-corrected chi connectivity index (χ3v) is 10.6. The molecule has 3 saturated heterocycles. The number of likely N-dealkylation sites (N-methyl/N-ethyl adjacent to an activating group) is 1. The summed E-state index contributed by atoms with van der Waals surface area (Å²) < 4.78 is 12.9. The molecular weight excluding hydrogens is 586 g/mol. The Morgan fingerprint density at radius 1 is 1.13 bits per heavy atom. The number of nitrogens with zero attached hydrogens (tertiary/aromatic N) is 3. The minimum atomic E-state index is -1.18. The zero-order chi connectivity index (χ0) is 33.0. The van der Waals surface area contributed by atoms with E-state index in [2.05, 4.69) is 13.2 Å². The van der Waals surface area contributed by atoms with E-state index < -0.39 is 47.7 Å². The van der Waals surface area contributed by atoms with E-state index in [1.165, 1.54) is 4.90 Å². The molecule has 3 heterocycles. The van der Waals surface area contributed by atoms with Crippen LogP contribution < -0.4 is 0 Å². The number of hydrogen-bond donors (Lipinski definition) is 1. The Kier molecular flexibility index (Phi) is 10.7. The van der Waals surface area contributed by atoms with Gasteiger partial charge in [-0.15, -0.1) is 13.2 Å². The van der Waals surface area contributed by atoms with Crippen LogP contribution in [0.5, 0.6) is 0 Å². The Labute approximate surface area is 272 Å². The van der Waals surface area contributed by atoms with Crippen molar-refractivity contribution in [3.63, 3.8) is 0 Å². The van der Waals surface area contributed by atoms with Crippen LogP contribution in [0.1, 0.15) is 76.4 Å². The highest BCUT2D eigenvalue weighted by molar-refractivity contribution is 5.98. The predicted octanol–water partition coefficient (Wildman–Crippen LogP) is 3.80. The largest absolute Gasteiger partial charge is 0.455 e. The molecule has 1 saturated carbocycles. The van der Waals surface area contributed by atoms with Crippen molar-refractivity contribution >= 4 is 23.7 Å². The molecule has 1 aliphatic carbocycles. The zero-order valence-electron chi connectivity index (χ0n) is 27.2. The predicted molar refractivity (Wildman–Crippen MR) is 172 cm³/mol. The Morgan fingerprint density at radius 3 is 2.50 bits per heavy atom. The first kappa shape index (κ1) is 33.9. The molecule has 2 bridgehead atoms. The minimum Gasteiger partial charge on any atom is -0.455 e. The van der Waals surface area contributed by atoms with E-state index in [9.17, 15) is 24.3 Å². The van der Waals surface area contributed by atoms with E-state index >= 15 is 0 Å². The summed E-state index contributed by atoms with van der Waals surface area (Å²) >= 11 is 0. The molecule has 3 aliphatic heterocycles. The fourth-order valence-electron chi connectivity index (χ4n) is 8.28. The van der Waals surface area contributed by atoms with Gasteiger partial charge in [0.15, 0.2) is 0 Å². The number of rotatable bonds is 14. The molecule has 3 amide bonds. The van der Waals surface area contributed by atoms with Crippen molar-refractivity contribution in [3.8, 4) is 0 Å². The minimum absolute atomic E-state index is 0.0306. The standard InChI is InChI=1S/C36H49N3O7/c1-5-7-18-28(41)37(4)24(3)31(25-14-10-8-11-15-25)45-35(44)29-27-19-20-36(46-27)30(29)33(42)39(22-23-40)32(36)34(43)38(21-6-2)26-16-12-9-13-17-26/h5-6,8,10-11,14-15,24,26-27,29-32,40H,1-2,7,9,12-13,16-23H2,3-4H3/t24-,27+,29-,30-,31+,32+,36-/m1/s1. The van der Waals surface area contributed by atoms with Gasteiger partial charge in [-0.05, 0) is 44.6 Å². The lowest BCUT2D eigenvalue weighted by molar-refractivity contribution is -0.164. The first-order valence-electron chi connectivity index (χ1n) is 16.8. The average Bonchev–Trinajstić information content (AvgIpc) is 3.72. The number of aliphatic hydroxyl groups excluding tert-OH is 1. The molecule has 10 heteroatoms. The van der Waals surface area contributed by atoms with Crippen LogP contribution >= 0.6 is 0 Å². The summed E-state index contributed by atoms with van der Waals surface area (Å²) in [7, 11) is 1.69. The normalized spacial score (nSPS) is 28.3. The van der Waals surface area contributed by atoms with Gasteiger partial charge in [0, 0.05) is 32.6 Å². The fourth-order valence-corrected chi connectivity index (χ4v) is 8.28. The second-order valence-corrected chi connectivity index (χ2v) is 13.2. The SMILES string of the molecule is C=CCCC(=O)N(C)[C@H](C)[C@H](OC(=O)[C@@H]1[C@@H]2CC[C@]3(O2)[C@H](C(=O)N(CC=C)C2CCCCC2)N(CCO)C(=O)[C@@H]13)c1ccccc1. The highest BCUT2D eigenvalue weighted by Crippen LogP contribution is 2.59. The van der Waals surface area contributed by atoms with Crippen molar-refractivity contribution < 1.29 is 33.8 Å². The number of benzene rings is 1. The van der Waals surface area contributed by atoms with Gasteiger partial charge in [0.25, 0.3) is 0 Å². The van der Waals surface area contributed by atoms with Gasteiger partial charge >= 0.3 is 5.97 Å². The van der Waals surface area contributed by atoms with Crippen molar-refractivity contribution in [3.05, 3.63) is 61.2 Å². The molecule has 10 nitrogen and oxygen atoms in total. The molecule has 0 radical (unpaired) electrons. The van der Waals surface area contributed by atoms with Gasteiger partial charge in [-0.1, -0.05) is 61.7 Å². The van der Waals surface area contributed by atoms with Crippen molar-refractivity contribution in [2.75, 3.05) is 26.7 Å². The quantitative estimate of drug-likeness (QED) is 0.244. The van der Waals surface area contributed by atoms with Crippen LogP contribution in [0.4, 0.5) is 0 Å². The summed E-state index contributed by atoms with van der Waals surface area (Å²) in [5.74, 6) is -3.07. The van der Waals surface area contributed by atoms with Crippen LogP contribution in [0.2, 0.25) is 0 Å². The zero-order valence-corrected chi connectivity index (χ0v) is 27.2.